The van der Waals surface area contributed by atoms with Gasteiger partial charge >= 0.3 is 0 Å². The number of rotatable bonds is 4. The highest BCUT2D eigenvalue weighted by atomic mass is 16.3. The first-order valence-electron chi connectivity index (χ1n) is 7.99. The maximum Gasteiger partial charge on any atom is 0.250 e. The molecule has 0 saturated carbocycles. The summed E-state index contributed by atoms with van der Waals surface area (Å²) in [6, 6.07) is 14.2. The zero-order valence-corrected chi connectivity index (χ0v) is 15.3. The zero-order valence-electron chi connectivity index (χ0n) is 15.3. The van der Waals surface area contributed by atoms with Gasteiger partial charge in [0.15, 0.2) is 0 Å². The molecule has 0 saturated heterocycles. The first kappa shape index (κ1) is 20.7. The van der Waals surface area contributed by atoms with Crippen LogP contribution in [-0.2, 0) is 9.59 Å². The smallest absolute Gasteiger partial charge is 0.250 e. The van der Waals surface area contributed by atoms with Crippen molar-refractivity contribution in [3.63, 3.8) is 0 Å². The highest BCUT2D eigenvalue weighted by Gasteiger charge is 2.05. The number of phenolic OH excluding ortho intramolecular Hbond substituents is 1. The number of anilines is 2. The Morgan fingerprint density at radius 1 is 0.808 bits per heavy atom. The minimum atomic E-state index is -0.290. The summed E-state index contributed by atoms with van der Waals surface area (Å²) in [5, 5.41) is 14.6. The number of aryl methyl sites for hydroxylation is 1. The van der Waals surface area contributed by atoms with E-state index < -0.39 is 0 Å². The average molecular weight is 352 g/mol. The molecule has 0 atom stereocenters. The molecule has 136 valence electrons. The molecule has 2 aromatic carbocycles. The molecule has 2 amide bonds. The van der Waals surface area contributed by atoms with E-state index in [-0.39, 0.29) is 17.6 Å². The van der Waals surface area contributed by atoms with Gasteiger partial charge in [-0.05, 0) is 44.5 Å². The molecule has 2 aromatic rings. The van der Waals surface area contributed by atoms with Gasteiger partial charge in [0.1, 0.15) is 5.75 Å². The third-order valence-electron chi connectivity index (χ3n) is 3.32. The lowest BCUT2D eigenvalue weighted by atomic mass is 10.2. The van der Waals surface area contributed by atoms with E-state index in [4.69, 9.17) is 0 Å². The molecule has 0 fully saturated rings. The van der Waals surface area contributed by atoms with E-state index in [1.54, 1.807) is 32.0 Å². The first-order chi connectivity index (χ1) is 12.2. The van der Waals surface area contributed by atoms with Gasteiger partial charge in [-0.2, -0.15) is 0 Å². The van der Waals surface area contributed by atoms with Crippen LogP contribution in [0.5, 0.6) is 5.75 Å². The summed E-state index contributed by atoms with van der Waals surface area (Å²) in [5.74, 6) is -0.368. The SMILES string of the molecule is C=C(C)C(=O)Nc1ccccc1C.C=C(C)C(=O)Nc1ccccc1O. The van der Waals surface area contributed by atoms with Crippen LogP contribution in [0.15, 0.2) is 72.8 Å². The number of phenols is 1. The fraction of sp³-hybridized carbons (Fsp3) is 0.143. The van der Waals surface area contributed by atoms with Gasteiger partial charge in [0.2, 0.25) is 0 Å². The molecule has 3 N–H and O–H groups in total. The highest BCUT2D eigenvalue weighted by molar-refractivity contribution is 6.03. The van der Waals surface area contributed by atoms with E-state index in [0.29, 0.717) is 16.8 Å². The van der Waals surface area contributed by atoms with Crippen LogP contribution in [-0.4, -0.2) is 16.9 Å². The van der Waals surface area contributed by atoms with Crippen LogP contribution in [0.1, 0.15) is 19.4 Å². The van der Waals surface area contributed by atoms with Crippen molar-refractivity contribution in [3.05, 3.63) is 78.4 Å². The van der Waals surface area contributed by atoms with Crippen molar-refractivity contribution in [1.29, 1.82) is 0 Å². The zero-order chi connectivity index (χ0) is 19.7. The fourth-order valence-corrected chi connectivity index (χ4v) is 1.75. The predicted octanol–water partition coefficient (Wildman–Crippen LogP) is 4.42. The largest absolute Gasteiger partial charge is 0.506 e. The molecule has 0 unspecified atom stereocenters. The molecule has 0 aliphatic rings. The number of carbonyl (C=O) groups is 2. The molecular formula is C21H24N2O3. The lowest BCUT2D eigenvalue weighted by Crippen LogP contribution is -2.12. The van der Waals surface area contributed by atoms with Gasteiger partial charge in [0.25, 0.3) is 11.8 Å². The monoisotopic (exact) mass is 352 g/mol. The molecule has 5 heteroatoms. The Labute approximate surface area is 154 Å². The summed E-state index contributed by atoms with van der Waals surface area (Å²) < 4.78 is 0. The van der Waals surface area contributed by atoms with Crippen molar-refractivity contribution in [2.45, 2.75) is 20.8 Å². The third-order valence-corrected chi connectivity index (χ3v) is 3.32. The van der Waals surface area contributed by atoms with Crippen LogP contribution >= 0.6 is 0 Å². The minimum Gasteiger partial charge on any atom is -0.506 e. The van der Waals surface area contributed by atoms with Crippen molar-refractivity contribution in [1.82, 2.24) is 0 Å². The summed E-state index contributed by atoms with van der Waals surface area (Å²) in [6.07, 6.45) is 0. The summed E-state index contributed by atoms with van der Waals surface area (Å²) in [7, 11) is 0. The minimum absolute atomic E-state index is 0.0529. The normalized spacial score (nSPS) is 9.35. The molecule has 0 heterocycles. The van der Waals surface area contributed by atoms with Crippen LogP contribution < -0.4 is 10.6 Å². The highest BCUT2D eigenvalue weighted by Crippen LogP contribution is 2.21. The summed E-state index contributed by atoms with van der Waals surface area (Å²) in [4.78, 5) is 22.4. The van der Waals surface area contributed by atoms with E-state index in [2.05, 4.69) is 23.8 Å². The topological polar surface area (TPSA) is 78.4 Å². The van der Waals surface area contributed by atoms with Gasteiger partial charge in [0.05, 0.1) is 5.69 Å². The Hall–Kier alpha value is -3.34. The lowest BCUT2D eigenvalue weighted by molar-refractivity contribution is -0.113. The Kier molecular flexibility index (Phi) is 7.83. The number of benzene rings is 2. The standard InChI is InChI=1S/C11H13NO.C10H11NO2/c1-8(2)11(13)12-10-7-5-4-6-9(10)3;1-7(2)10(13)11-8-5-3-4-6-9(8)12/h4-7H,1H2,2-3H3,(H,12,13);3-6,12H,1H2,2H3,(H,11,13). The molecule has 5 nitrogen and oxygen atoms in total. The summed E-state index contributed by atoms with van der Waals surface area (Å²) in [6.45, 7) is 12.3. The number of aromatic hydroxyl groups is 1. The predicted molar refractivity (Wildman–Crippen MR) is 106 cm³/mol. The molecular weight excluding hydrogens is 328 g/mol. The van der Waals surface area contributed by atoms with E-state index in [0.717, 1.165) is 11.3 Å². The van der Waals surface area contributed by atoms with Crippen LogP contribution in [0.2, 0.25) is 0 Å². The second-order valence-corrected chi connectivity index (χ2v) is 5.80. The number of carbonyl (C=O) groups excluding carboxylic acids is 2. The number of para-hydroxylation sites is 3. The number of hydrogen-bond acceptors (Lipinski definition) is 3. The van der Waals surface area contributed by atoms with Crippen LogP contribution in [0.3, 0.4) is 0 Å². The molecule has 0 radical (unpaired) electrons. The van der Waals surface area contributed by atoms with Crippen LogP contribution in [0.25, 0.3) is 0 Å². The van der Waals surface area contributed by atoms with Crippen LogP contribution in [0.4, 0.5) is 11.4 Å². The average Bonchev–Trinajstić information content (AvgIpc) is 2.59. The van der Waals surface area contributed by atoms with Gasteiger partial charge in [-0.3, -0.25) is 9.59 Å². The fourth-order valence-electron chi connectivity index (χ4n) is 1.75. The summed E-state index contributed by atoms with van der Waals surface area (Å²) >= 11 is 0. The number of hydrogen-bond donors (Lipinski definition) is 3. The lowest BCUT2D eigenvalue weighted by Gasteiger charge is -2.06. The van der Waals surface area contributed by atoms with Crippen molar-refractivity contribution < 1.29 is 14.7 Å². The maximum atomic E-state index is 11.3. The van der Waals surface area contributed by atoms with E-state index in [1.807, 2.05) is 31.2 Å². The van der Waals surface area contributed by atoms with Crippen molar-refractivity contribution in [2.75, 3.05) is 10.6 Å². The molecule has 0 aliphatic carbocycles. The van der Waals surface area contributed by atoms with Crippen molar-refractivity contribution >= 4 is 23.2 Å². The summed E-state index contributed by atoms with van der Waals surface area (Å²) in [5.41, 5.74) is 3.22. The van der Waals surface area contributed by atoms with Crippen molar-refractivity contribution in [2.24, 2.45) is 0 Å². The number of nitrogens with one attached hydrogen (secondary N) is 2. The molecule has 0 aliphatic heterocycles. The van der Waals surface area contributed by atoms with Gasteiger partial charge in [-0.1, -0.05) is 43.5 Å². The Morgan fingerprint density at radius 2 is 1.23 bits per heavy atom. The van der Waals surface area contributed by atoms with E-state index in [1.165, 1.54) is 6.07 Å². The third kappa shape index (κ3) is 6.65. The van der Waals surface area contributed by atoms with Gasteiger partial charge in [0, 0.05) is 16.8 Å². The molecule has 2 rings (SSSR count). The van der Waals surface area contributed by atoms with E-state index >= 15 is 0 Å². The molecule has 0 spiro atoms. The second-order valence-electron chi connectivity index (χ2n) is 5.80. The Balaban J connectivity index is 0.000000260. The number of amides is 2. The van der Waals surface area contributed by atoms with Gasteiger partial charge in [-0.25, -0.2) is 0 Å². The molecule has 26 heavy (non-hydrogen) atoms. The molecule has 0 bridgehead atoms. The van der Waals surface area contributed by atoms with Gasteiger partial charge < -0.3 is 15.7 Å². The Morgan fingerprint density at radius 3 is 1.69 bits per heavy atom. The first-order valence-corrected chi connectivity index (χ1v) is 7.99. The van der Waals surface area contributed by atoms with E-state index in [9.17, 15) is 14.7 Å². The second kappa shape index (κ2) is 9.84. The molecule has 0 aromatic heterocycles. The quantitative estimate of drug-likeness (QED) is 0.563. The Bertz CT molecular complexity index is 756. The van der Waals surface area contributed by atoms with Gasteiger partial charge in [-0.15, -0.1) is 0 Å². The van der Waals surface area contributed by atoms with Crippen LogP contribution in [0, 0.1) is 6.92 Å². The van der Waals surface area contributed by atoms with Crippen molar-refractivity contribution in [3.8, 4) is 5.75 Å². The maximum absolute atomic E-state index is 11.3.